The highest BCUT2D eigenvalue weighted by Crippen LogP contribution is 2.31. The number of aromatic nitrogens is 2. The third-order valence-corrected chi connectivity index (χ3v) is 4.22. The Balaban J connectivity index is 0.00000225. The fourth-order valence-electron chi connectivity index (χ4n) is 2.99. The standard InChI is InChI=1S/C19H20F2N2O.ClH/c1-4-7-23-13(3)12(2)18-19(23)17(5-6-22-18)24-11-14-8-15(20)10-16(21)9-14;/h5-6,8-10H,4,7,11H2,1-3H3;1H. The first kappa shape index (κ1) is 19.2. The van der Waals surface area contributed by atoms with Gasteiger partial charge in [0.1, 0.15) is 29.5 Å². The lowest BCUT2D eigenvalue weighted by atomic mass is 10.2. The average Bonchev–Trinajstić information content (AvgIpc) is 2.78. The first-order chi connectivity index (χ1) is 11.5. The molecule has 0 fully saturated rings. The van der Waals surface area contributed by atoms with Crippen LogP contribution in [0, 0.1) is 25.5 Å². The van der Waals surface area contributed by atoms with Gasteiger partial charge in [0.05, 0.1) is 5.52 Å². The number of pyridine rings is 1. The molecule has 25 heavy (non-hydrogen) atoms. The molecule has 3 nitrogen and oxygen atoms in total. The van der Waals surface area contributed by atoms with Gasteiger partial charge in [0.25, 0.3) is 0 Å². The predicted molar refractivity (Wildman–Crippen MR) is 97.4 cm³/mol. The van der Waals surface area contributed by atoms with E-state index in [1.54, 1.807) is 12.3 Å². The van der Waals surface area contributed by atoms with E-state index in [2.05, 4.69) is 23.4 Å². The molecule has 0 aliphatic heterocycles. The summed E-state index contributed by atoms with van der Waals surface area (Å²) in [7, 11) is 0. The van der Waals surface area contributed by atoms with Gasteiger partial charge in [0, 0.05) is 30.6 Å². The van der Waals surface area contributed by atoms with Crippen molar-refractivity contribution in [1.82, 2.24) is 9.55 Å². The molecular weight excluding hydrogens is 346 g/mol. The molecule has 0 saturated carbocycles. The van der Waals surface area contributed by atoms with Crippen LogP contribution in [0.1, 0.15) is 30.2 Å². The van der Waals surface area contributed by atoms with Crippen molar-refractivity contribution < 1.29 is 13.5 Å². The lowest BCUT2D eigenvalue weighted by Crippen LogP contribution is -2.03. The van der Waals surface area contributed by atoms with Crippen LogP contribution in [0.5, 0.6) is 5.75 Å². The molecule has 2 aromatic heterocycles. The summed E-state index contributed by atoms with van der Waals surface area (Å²) in [5.74, 6) is -0.529. The van der Waals surface area contributed by atoms with Crippen LogP contribution in [0.15, 0.2) is 30.5 Å². The van der Waals surface area contributed by atoms with Crippen LogP contribution in [0.4, 0.5) is 8.78 Å². The molecule has 0 aliphatic carbocycles. The van der Waals surface area contributed by atoms with E-state index in [0.717, 1.165) is 41.3 Å². The number of aryl methyl sites for hydroxylation is 2. The summed E-state index contributed by atoms with van der Waals surface area (Å²) in [6, 6.07) is 5.21. The Morgan fingerprint density at radius 3 is 2.44 bits per heavy atom. The number of rotatable bonds is 5. The quantitative estimate of drug-likeness (QED) is 0.609. The lowest BCUT2D eigenvalue weighted by molar-refractivity contribution is 0.307. The maximum absolute atomic E-state index is 13.3. The lowest BCUT2D eigenvalue weighted by Gasteiger charge is -2.12. The molecule has 6 heteroatoms. The molecule has 0 amide bonds. The molecule has 0 spiro atoms. The van der Waals surface area contributed by atoms with Gasteiger partial charge in [-0.25, -0.2) is 8.78 Å². The molecule has 0 aliphatic rings. The largest absolute Gasteiger partial charge is 0.487 e. The number of halogens is 3. The van der Waals surface area contributed by atoms with Gasteiger partial charge in [-0.15, -0.1) is 12.4 Å². The maximum Gasteiger partial charge on any atom is 0.147 e. The molecule has 0 radical (unpaired) electrons. The topological polar surface area (TPSA) is 27.1 Å². The van der Waals surface area contributed by atoms with E-state index in [1.165, 1.54) is 12.1 Å². The van der Waals surface area contributed by atoms with E-state index in [4.69, 9.17) is 4.74 Å². The molecule has 3 rings (SSSR count). The van der Waals surface area contributed by atoms with E-state index >= 15 is 0 Å². The molecule has 3 aromatic rings. The first-order valence-electron chi connectivity index (χ1n) is 8.03. The summed E-state index contributed by atoms with van der Waals surface area (Å²) in [6.07, 6.45) is 2.69. The highest BCUT2D eigenvalue weighted by atomic mass is 35.5. The van der Waals surface area contributed by atoms with Crippen LogP contribution in [0.2, 0.25) is 0 Å². The normalized spacial score (nSPS) is 10.8. The number of hydrogen-bond donors (Lipinski definition) is 0. The van der Waals surface area contributed by atoms with E-state index in [1.807, 2.05) is 6.92 Å². The molecule has 2 heterocycles. The second-order valence-electron chi connectivity index (χ2n) is 5.93. The number of fused-ring (bicyclic) bond motifs is 1. The van der Waals surface area contributed by atoms with Crippen molar-refractivity contribution >= 4 is 23.4 Å². The third kappa shape index (κ3) is 3.76. The predicted octanol–water partition coefficient (Wildman–Crippen LogP) is 5.34. The summed E-state index contributed by atoms with van der Waals surface area (Å²) in [4.78, 5) is 4.47. The van der Waals surface area contributed by atoms with E-state index in [9.17, 15) is 8.78 Å². The second kappa shape index (κ2) is 7.83. The molecule has 1 aromatic carbocycles. The Kier molecular flexibility index (Phi) is 6.01. The zero-order valence-electron chi connectivity index (χ0n) is 14.5. The monoisotopic (exact) mass is 366 g/mol. The van der Waals surface area contributed by atoms with Crippen LogP contribution in [0.25, 0.3) is 11.0 Å². The highest BCUT2D eigenvalue weighted by molar-refractivity contribution is 5.86. The van der Waals surface area contributed by atoms with Crippen molar-refractivity contribution in [3.05, 3.63) is 58.9 Å². The Morgan fingerprint density at radius 2 is 1.80 bits per heavy atom. The van der Waals surface area contributed by atoms with Crippen molar-refractivity contribution in [2.45, 2.75) is 40.3 Å². The molecule has 0 N–H and O–H groups in total. The molecule has 0 saturated heterocycles. The van der Waals surface area contributed by atoms with Crippen molar-refractivity contribution in [2.75, 3.05) is 0 Å². The molecule has 134 valence electrons. The van der Waals surface area contributed by atoms with Crippen LogP contribution in [0.3, 0.4) is 0 Å². The number of hydrogen-bond acceptors (Lipinski definition) is 2. The van der Waals surface area contributed by atoms with Crippen molar-refractivity contribution in [1.29, 1.82) is 0 Å². The Labute approximate surface area is 152 Å². The number of ether oxygens (including phenoxy) is 1. The van der Waals surface area contributed by atoms with Gasteiger partial charge in [-0.2, -0.15) is 0 Å². The van der Waals surface area contributed by atoms with Crippen LogP contribution >= 0.6 is 12.4 Å². The molecule has 0 unspecified atom stereocenters. The third-order valence-electron chi connectivity index (χ3n) is 4.22. The van der Waals surface area contributed by atoms with Gasteiger partial charge < -0.3 is 9.30 Å². The van der Waals surface area contributed by atoms with Crippen LogP contribution < -0.4 is 4.74 Å². The van der Waals surface area contributed by atoms with E-state index in [-0.39, 0.29) is 19.0 Å². The summed E-state index contributed by atoms with van der Waals surface area (Å²) in [5.41, 5.74) is 4.59. The summed E-state index contributed by atoms with van der Waals surface area (Å²) in [6.45, 7) is 7.20. The fraction of sp³-hybridized carbons (Fsp3) is 0.316. The van der Waals surface area contributed by atoms with Crippen LogP contribution in [-0.2, 0) is 13.2 Å². The minimum Gasteiger partial charge on any atom is -0.487 e. The van der Waals surface area contributed by atoms with Gasteiger partial charge in [0.2, 0.25) is 0 Å². The van der Waals surface area contributed by atoms with Crippen molar-refractivity contribution in [3.8, 4) is 5.75 Å². The van der Waals surface area contributed by atoms with E-state index < -0.39 is 11.6 Å². The van der Waals surface area contributed by atoms with Gasteiger partial charge in [-0.3, -0.25) is 4.98 Å². The molecule has 0 atom stereocenters. The van der Waals surface area contributed by atoms with Crippen molar-refractivity contribution in [3.63, 3.8) is 0 Å². The Bertz CT molecular complexity index is 873. The number of nitrogens with zero attached hydrogens (tertiary/aromatic N) is 2. The second-order valence-corrected chi connectivity index (χ2v) is 5.93. The fourth-order valence-corrected chi connectivity index (χ4v) is 2.99. The summed E-state index contributed by atoms with van der Waals surface area (Å²) in [5, 5.41) is 0. The highest BCUT2D eigenvalue weighted by Gasteiger charge is 2.16. The van der Waals surface area contributed by atoms with Gasteiger partial charge in [-0.05, 0) is 43.5 Å². The first-order valence-corrected chi connectivity index (χ1v) is 8.03. The SMILES string of the molecule is CCCn1c(C)c(C)c2nccc(OCc3cc(F)cc(F)c3)c21.Cl. The van der Waals surface area contributed by atoms with Crippen LogP contribution in [-0.4, -0.2) is 9.55 Å². The van der Waals surface area contributed by atoms with Crippen molar-refractivity contribution in [2.24, 2.45) is 0 Å². The Morgan fingerprint density at radius 1 is 1.12 bits per heavy atom. The average molecular weight is 367 g/mol. The smallest absolute Gasteiger partial charge is 0.147 e. The number of benzene rings is 1. The maximum atomic E-state index is 13.3. The summed E-state index contributed by atoms with van der Waals surface area (Å²) >= 11 is 0. The van der Waals surface area contributed by atoms with E-state index in [0.29, 0.717) is 11.3 Å². The Hall–Kier alpha value is -2.14. The minimum absolute atomic E-state index is 0. The van der Waals surface area contributed by atoms with Gasteiger partial charge >= 0.3 is 0 Å². The molecular formula is C19H21ClF2N2O. The van der Waals surface area contributed by atoms with Gasteiger partial charge in [-0.1, -0.05) is 6.92 Å². The molecule has 0 bridgehead atoms. The minimum atomic E-state index is -0.602. The zero-order chi connectivity index (χ0) is 17.3. The summed E-state index contributed by atoms with van der Waals surface area (Å²) < 4.78 is 34.7. The van der Waals surface area contributed by atoms with Gasteiger partial charge in [0.15, 0.2) is 0 Å². The zero-order valence-corrected chi connectivity index (χ0v) is 15.3.